The molecule has 0 spiro atoms. The summed E-state index contributed by atoms with van der Waals surface area (Å²) in [5.74, 6) is 0.404. The number of anilines is 1. The van der Waals surface area contributed by atoms with Gasteiger partial charge in [-0.1, -0.05) is 48.5 Å². The van der Waals surface area contributed by atoms with Crippen LogP contribution in [0.2, 0.25) is 0 Å². The topological polar surface area (TPSA) is 69.6 Å². The van der Waals surface area contributed by atoms with E-state index in [0.717, 1.165) is 22.5 Å². The van der Waals surface area contributed by atoms with Crippen molar-refractivity contribution in [3.8, 4) is 16.9 Å². The zero-order valence-electron chi connectivity index (χ0n) is 12.6. The summed E-state index contributed by atoms with van der Waals surface area (Å²) in [6, 6.07) is 19.7. The quantitative estimate of drug-likeness (QED) is 0.616. The molecule has 0 aliphatic heterocycles. The predicted molar refractivity (Wildman–Crippen MR) is 91.2 cm³/mol. The fourth-order valence-corrected chi connectivity index (χ4v) is 2.63. The van der Waals surface area contributed by atoms with E-state index in [4.69, 9.17) is 10.7 Å². The molecule has 4 aromatic rings. The summed E-state index contributed by atoms with van der Waals surface area (Å²) in [6.45, 7) is 1.93. The third kappa shape index (κ3) is 2.23. The lowest BCUT2D eigenvalue weighted by Gasteiger charge is -2.06. The summed E-state index contributed by atoms with van der Waals surface area (Å²) in [4.78, 5) is 9.28. The second-order valence-corrected chi connectivity index (χ2v) is 5.33. The molecule has 0 saturated carbocycles. The van der Waals surface area contributed by atoms with Crippen LogP contribution in [0.5, 0.6) is 0 Å². The second-order valence-electron chi connectivity index (χ2n) is 5.33. The van der Waals surface area contributed by atoms with E-state index in [1.165, 1.54) is 0 Å². The molecule has 0 radical (unpaired) electrons. The van der Waals surface area contributed by atoms with Crippen LogP contribution in [0.25, 0.3) is 28.1 Å². The molecule has 2 aromatic carbocycles. The van der Waals surface area contributed by atoms with Crippen LogP contribution < -0.4 is 5.73 Å². The zero-order chi connectivity index (χ0) is 15.8. The number of hydrogen-bond acceptors (Lipinski definition) is 4. The molecular formula is C18H15N5. The summed E-state index contributed by atoms with van der Waals surface area (Å²) >= 11 is 0. The van der Waals surface area contributed by atoms with Gasteiger partial charge in [0.25, 0.3) is 0 Å². The van der Waals surface area contributed by atoms with Gasteiger partial charge in [-0.15, -0.1) is 0 Å². The predicted octanol–water partition coefficient (Wildman–Crippen LogP) is 3.37. The van der Waals surface area contributed by atoms with Crippen molar-refractivity contribution in [2.75, 3.05) is 5.73 Å². The molecule has 5 heteroatoms. The van der Waals surface area contributed by atoms with Crippen LogP contribution in [0.1, 0.15) is 5.69 Å². The Labute approximate surface area is 133 Å². The van der Waals surface area contributed by atoms with E-state index in [-0.39, 0.29) is 0 Å². The van der Waals surface area contributed by atoms with E-state index in [9.17, 15) is 0 Å². The third-order valence-electron chi connectivity index (χ3n) is 3.75. The molecule has 0 atom stereocenters. The summed E-state index contributed by atoms with van der Waals surface area (Å²) < 4.78 is 1.78. The van der Waals surface area contributed by atoms with E-state index in [0.29, 0.717) is 17.2 Å². The highest BCUT2D eigenvalue weighted by Gasteiger charge is 2.16. The second kappa shape index (κ2) is 5.21. The average Bonchev–Trinajstić information content (AvgIpc) is 2.92. The van der Waals surface area contributed by atoms with Gasteiger partial charge in [0.1, 0.15) is 11.2 Å². The van der Waals surface area contributed by atoms with Gasteiger partial charge in [-0.05, 0) is 19.1 Å². The molecule has 0 unspecified atom stereocenters. The standard InChI is InChI=1S/C18H15N5/c1-12-15-18(23(22-12)14-10-6-3-7-11-14)21-17(19)16(20-15)13-8-4-2-5-9-13/h2-11H,1H3,(H2,19,21). The van der Waals surface area contributed by atoms with E-state index in [1.807, 2.05) is 67.6 Å². The number of hydrogen-bond donors (Lipinski definition) is 1. The Balaban J connectivity index is 1.97. The molecule has 4 rings (SSSR count). The average molecular weight is 301 g/mol. The van der Waals surface area contributed by atoms with E-state index >= 15 is 0 Å². The first kappa shape index (κ1) is 13.5. The summed E-state index contributed by atoms with van der Waals surface area (Å²) in [7, 11) is 0. The number of rotatable bonds is 2. The smallest absolute Gasteiger partial charge is 0.184 e. The molecule has 23 heavy (non-hydrogen) atoms. The molecule has 112 valence electrons. The first-order chi connectivity index (χ1) is 11.2. The minimum absolute atomic E-state index is 0.404. The number of nitrogens with two attached hydrogens (primary N) is 1. The molecule has 0 amide bonds. The number of fused-ring (bicyclic) bond motifs is 1. The van der Waals surface area contributed by atoms with Gasteiger partial charge in [-0.25, -0.2) is 14.6 Å². The highest BCUT2D eigenvalue weighted by Crippen LogP contribution is 2.27. The maximum atomic E-state index is 6.16. The third-order valence-corrected chi connectivity index (χ3v) is 3.75. The number of nitrogens with zero attached hydrogens (tertiary/aromatic N) is 4. The van der Waals surface area contributed by atoms with Gasteiger partial charge >= 0.3 is 0 Å². The lowest BCUT2D eigenvalue weighted by atomic mass is 10.1. The van der Waals surface area contributed by atoms with Crippen molar-refractivity contribution in [1.82, 2.24) is 19.7 Å². The van der Waals surface area contributed by atoms with Crippen molar-refractivity contribution in [3.63, 3.8) is 0 Å². The normalized spacial score (nSPS) is 11.0. The first-order valence-corrected chi connectivity index (χ1v) is 7.38. The fourth-order valence-electron chi connectivity index (χ4n) is 2.63. The lowest BCUT2D eigenvalue weighted by Crippen LogP contribution is -2.02. The Kier molecular flexibility index (Phi) is 3.05. The van der Waals surface area contributed by atoms with Crippen molar-refractivity contribution >= 4 is 17.0 Å². The Bertz CT molecular complexity index is 975. The maximum Gasteiger partial charge on any atom is 0.184 e. The molecule has 2 aromatic heterocycles. The summed E-state index contributed by atoms with van der Waals surface area (Å²) in [5.41, 5.74) is 11.0. The highest BCUT2D eigenvalue weighted by atomic mass is 15.3. The van der Waals surface area contributed by atoms with Gasteiger partial charge in [0.05, 0.1) is 11.4 Å². The molecule has 0 fully saturated rings. The van der Waals surface area contributed by atoms with Gasteiger partial charge in [0.15, 0.2) is 11.5 Å². The van der Waals surface area contributed by atoms with Crippen LogP contribution in [0.15, 0.2) is 60.7 Å². The summed E-state index contributed by atoms with van der Waals surface area (Å²) in [5, 5.41) is 4.57. The minimum Gasteiger partial charge on any atom is -0.382 e. The summed E-state index contributed by atoms with van der Waals surface area (Å²) in [6.07, 6.45) is 0. The zero-order valence-corrected chi connectivity index (χ0v) is 12.6. The van der Waals surface area contributed by atoms with Crippen LogP contribution in [-0.2, 0) is 0 Å². The SMILES string of the molecule is Cc1nn(-c2ccccc2)c2nc(N)c(-c3ccccc3)nc12. The molecular weight excluding hydrogens is 286 g/mol. The molecule has 0 aliphatic rings. The van der Waals surface area contributed by atoms with Gasteiger partial charge in [0, 0.05) is 5.56 Å². The van der Waals surface area contributed by atoms with Crippen molar-refractivity contribution < 1.29 is 0 Å². The van der Waals surface area contributed by atoms with Crippen molar-refractivity contribution in [3.05, 3.63) is 66.4 Å². The molecule has 2 N–H and O–H groups in total. The van der Waals surface area contributed by atoms with Crippen LogP contribution in [-0.4, -0.2) is 19.7 Å². The van der Waals surface area contributed by atoms with Crippen molar-refractivity contribution in [2.24, 2.45) is 0 Å². The number of benzene rings is 2. The van der Waals surface area contributed by atoms with Crippen LogP contribution in [0.4, 0.5) is 5.82 Å². The molecule has 0 aliphatic carbocycles. The molecule has 0 bridgehead atoms. The molecule has 0 saturated heterocycles. The number of aryl methyl sites for hydroxylation is 1. The monoisotopic (exact) mass is 301 g/mol. The van der Waals surface area contributed by atoms with Crippen LogP contribution in [0, 0.1) is 6.92 Å². The number of aromatic nitrogens is 4. The van der Waals surface area contributed by atoms with Crippen molar-refractivity contribution in [2.45, 2.75) is 6.92 Å². The van der Waals surface area contributed by atoms with E-state index in [2.05, 4.69) is 10.1 Å². The Morgan fingerprint density at radius 3 is 2.22 bits per heavy atom. The maximum absolute atomic E-state index is 6.16. The Morgan fingerprint density at radius 2 is 1.52 bits per heavy atom. The highest BCUT2D eigenvalue weighted by molar-refractivity contribution is 5.83. The number of nitrogen functional groups attached to an aromatic ring is 1. The molecule has 2 heterocycles. The van der Waals surface area contributed by atoms with Gasteiger partial charge in [0.2, 0.25) is 0 Å². The van der Waals surface area contributed by atoms with Gasteiger partial charge < -0.3 is 5.73 Å². The van der Waals surface area contributed by atoms with Crippen LogP contribution >= 0.6 is 0 Å². The lowest BCUT2D eigenvalue weighted by molar-refractivity contribution is 0.878. The first-order valence-electron chi connectivity index (χ1n) is 7.38. The largest absolute Gasteiger partial charge is 0.382 e. The minimum atomic E-state index is 0.404. The Hall–Kier alpha value is -3.21. The van der Waals surface area contributed by atoms with Gasteiger partial charge in [-0.3, -0.25) is 0 Å². The van der Waals surface area contributed by atoms with E-state index in [1.54, 1.807) is 4.68 Å². The van der Waals surface area contributed by atoms with Crippen LogP contribution in [0.3, 0.4) is 0 Å². The Morgan fingerprint density at radius 1 is 0.870 bits per heavy atom. The fraction of sp³-hybridized carbons (Fsp3) is 0.0556. The van der Waals surface area contributed by atoms with E-state index < -0.39 is 0 Å². The van der Waals surface area contributed by atoms with Gasteiger partial charge in [-0.2, -0.15) is 5.10 Å². The molecule has 5 nitrogen and oxygen atoms in total. The number of para-hydroxylation sites is 1. The van der Waals surface area contributed by atoms with Crippen molar-refractivity contribution in [1.29, 1.82) is 0 Å².